The first-order valence-electron chi connectivity index (χ1n) is 12.5. The number of carbonyl (C=O) groups excluding carboxylic acids is 1. The normalized spacial score (nSPS) is 21.6. The second-order valence-corrected chi connectivity index (χ2v) is 10.8. The van der Waals surface area contributed by atoms with Gasteiger partial charge in [0.25, 0.3) is 0 Å². The summed E-state index contributed by atoms with van der Waals surface area (Å²) in [6, 6.07) is 6.27. The molecule has 1 aromatic carbocycles. The summed E-state index contributed by atoms with van der Waals surface area (Å²) in [5.74, 6) is 3.80. The Morgan fingerprint density at radius 1 is 1.19 bits per heavy atom. The van der Waals surface area contributed by atoms with Crippen molar-refractivity contribution in [2.75, 3.05) is 6.61 Å². The molecular weight excluding hydrogens is 398 g/mol. The maximum absolute atomic E-state index is 13.0. The van der Waals surface area contributed by atoms with E-state index in [4.69, 9.17) is 4.52 Å². The first-order valence-corrected chi connectivity index (χ1v) is 12.5. The van der Waals surface area contributed by atoms with E-state index < -0.39 is 0 Å². The molecule has 0 bridgehead atoms. The second-order valence-electron chi connectivity index (χ2n) is 10.8. The summed E-state index contributed by atoms with van der Waals surface area (Å²) in [6.45, 7) is 8.80. The fourth-order valence-electron chi connectivity index (χ4n) is 5.60. The van der Waals surface area contributed by atoms with E-state index in [1.165, 1.54) is 48.8 Å². The standard InChI is InChI=1S/C28H39NO3/c1-17(2)11-20-13-24(14-20)28-26(21-7-8-21)27(29-32-28)23(9-10-30)16-25(31)15-22-6-5-18(3)12-19(22)4/h5-6,12,17,20-21,23-24,30H,7-11,13-16H2,1-4H3/t20?,23-,24?/m0/s1. The molecule has 0 radical (unpaired) electrons. The molecule has 2 fully saturated rings. The number of aromatic nitrogens is 1. The van der Waals surface area contributed by atoms with Gasteiger partial charge in [0.1, 0.15) is 11.5 Å². The zero-order valence-corrected chi connectivity index (χ0v) is 20.2. The van der Waals surface area contributed by atoms with Crippen LogP contribution in [0.5, 0.6) is 0 Å². The summed E-state index contributed by atoms with van der Waals surface area (Å²) in [5.41, 5.74) is 5.72. The van der Waals surface area contributed by atoms with Crippen molar-refractivity contribution in [2.24, 2.45) is 11.8 Å². The van der Waals surface area contributed by atoms with Crippen molar-refractivity contribution >= 4 is 5.78 Å². The number of aliphatic hydroxyl groups is 1. The third-order valence-electron chi connectivity index (χ3n) is 7.40. The van der Waals surface area contributed by atoms with Crippen molar-refractivity contribution in [1.82, 2.24) is 5.16 Å². The van der Waals surface area contributed by atoms with E-state index in [0.717, 1.165) is 28.9 Å². The molecule has 174 valence electrons. The predicted octanol–water partition coefficient (Wildman–Crippen LogP) is 6.38. The Labute approximate surface area is 192 Å². The van der Waals surface area contributed by atoms with Gasteiger partial charge in [-0.1, -0.05) is 42.8 Å². The van der Waals surface area contributed by atoms with Crippen molar-refractivity contribution in [2.45, 2.75) is 96.8 Å². The lowest BCUT2D eigenvalue weighted by molar-refractivity contribution is -0.118. The Hall–Kier alpha value is -1.94. The molecule has 0 aliphatic heterocycles. The molecule has 1 atom stereocenters. The van der Waals surface area contributed by atoms with Crippen LogP contribution in [-0.4, -0.2) is 22.7 Å². The monoisotopic (exact) mass is 437 g/mol. The predicted molar refractivity (Wildman–Crippen MR) is 127 cm³/mol. The first-order chi connectivity index (χ1) is 15.4. The number of ketones is 1. The fraction of sp³-hybridized carbons (Fsp3) is 0.643. The summed E-state index contributed by atoms with van der Waals surface area (Å²) in [5, 5.41) is 14.3. The molecule has 4 heteroatoms. The summed E-state index contributed by atoms with van der Waals surface area (Å²) in [6.07, 6.45) is 7.47. The van der Waals surface area contributed by atoms with Gasteiger partial charge in [-0.15, -0.1) is 0 Å². The highest BCUT2D eigenvalue weighted by molar-refractivity contribution is 5.82. The average Bonchev–Trinajstić information content (AvgIpc) is 3.45. The summed E-state index contributed by atoms with van der Waals surface area (Å²) < 4.78 is 5.97. The Bertz CT molecular complexity index is 934. The molecule has 0 unspecified atom stereocenters. The molecule has 0 amide bonds. The summed E-state index contributed by atoms with van der Waals surface area (Å²) in [4.78, 5) is 13.0. The first kappa shape index (κ1) is 23.2. The van der Waals surface area contributed by atoms with E-state index in [1.54, 1.807) is 0 Å². The lowest BCUT2D eigenvalue weighted by Gasteiger charge is -2.35. The van der Waals surface area contributed by atoms with Crippen LogP contribution < -0.4 is 0 Å². The quantitative estimate of drug-likeness (QED) is 0.443. The SMILES string of the molecule is Cc1ccc(CC(=O)C[C@H](CCO)c2noc(C3CC(CC(C)C)C3)c2C2CC2)c(C)c1. The Kier molecular flexibility index (Phi) is 7.19. The number of aryl methyl sites for hydroxylation is 2. The highest BCUT2D eigenvalue weighted by Gasteiger charge is 2.41. The molecule has 32 heavy (non-hydrogen) atoms. The number of rotatable bonds is 11. The molecular formula is C28H39NO3. The van der Waals surface area contributed by atoms with Crippen LogP contribution in [0.3, 0.4) is 0 Å². The van der Waals surface area contributed by atoms with Crippen LogP contribution in [0, 0.1) is 25.7 Å². The minimum absolute atomic E-state index is 0.0575. The molecule has 2 aromatic rings. The molecule has 1 N–H and O–H groups in total. The number of nitrogens with zero attached hydrogens (tertiary/aromatic N) is 1. The van der Waals surface area contributed by atoms with Crippen LogP contribution in [0.4, 0.5) is 0 Å². The van der Waals surface area contributed by atoms with Gasteiger partial charge in [-0.3, -0.25) is 4.79 Å². The van der Waals surface area contributed by atoms with Gasteiger partial charge in [-0.25, -0.2) is 0 Å². The molecule has 4 rings (SSSR count). The number of hydrogen-bond acceptors (Lipinski definition) is 4. The largest absolute Gasteiger partial charge is 0.396 e. The van der Waals surface area contributed by atoms with Crippen LogP contribution in [0.25, 0.3) is 0 Å². The van der Waals surface area contributed by atoms with Gasteiger partial charge >= 0.3 is 0 Å². The van der Waals surface area contributed by atoms with Gasteiger partial charge < -0.3 is 9.63 Å². The molecule has 0 spiro atoms. The van der Waals surface area contributed by atoms with Crippen LogP contribution >= 0.6 is 0 Å². The van der Waals surface area contributed by atoms with E-state index in [2.05, 4.69) is 51.1 Å². The molecule has 2 aliphatic rings. The molecule has 1 aromatic heterocycles. The van der Waals surface area contributed by atoms with Gasteiger partial charge in [0.05, 0.1) is 5.69 Å². The van der Waals surface area contributed by atoms with Crippen molar-refractivity contribution in [3.8, 4) is 0 Å². The van der Waals surface area contributed by atoms with Crippen LogP contribution in [0.1, 0.15) is 110 Å². The summed E-state index contributed by atoms with van der Waals surface area (Å²) in [7, 11) is 0. The molecule has 4 nitrogen and oxygen atoms in total. The number of benzene rings is 1. The van der Waals surface area contributed by atoms with E-state index in [9.17, 15) is 9.90 Å². The fourth-order valence-corrected chi connectivity index (χ4v) is 5.60. The van der Waals surface area contributed by atoms with Gasteiger partial charge in [-0.05, 0) is 81.3 Å². The maximum atomic E-state index is 13.0. The maximum Gasteiger partial charge on any atom is 0.143 e. The molecule has 2 saturated carbocycles. The van der Waals surface area contributed by atoms with Crippen molar-refractivity contribution in [3.05, 3.63) is 51.9 Å². The highest BCUT2D eigenvalue weighted by Crippen LogP contribution is 2.52. The van der Waals surface area contributed by atoms with Gasteiger partial charge in [0, 0.05) is 36.8 Å². The number of aliphatic hydroxyl groups excluding tert-OH is 1. The summed E-state index contributed by atoms with van der Waals surface area (Å²) >= 11 is 0. The van der Waals surface area contributed by atoms with Crippen LogP contribution in [0.15, 0.2) is 22.7 Å². The van der Waals surface area contributed by atoms with E-state index >= 15 is 0 Å². The zero-order valence-electron chi connectivity index (χ0n) is 20.2. The third kappa shape index (κ3) is 5.33. The molecule has 0 saturated heterocycles. The average molecular weight is 438 g/mol. The second kappa shape index (κ2) is 9.91. The van der Waals surface area contributed by atoms with Crippen LogP contribution in [0.2, 0.25) is 0 Å². The Balaban J connectivity index is 1.48. The van der Waals surface area contributed by atoms with Gasteiger partial charge in [0.15, 0.2) is 0 Å². The smallest absolute Gasteiger partial charge is 0.143 e. The van der Waals surface area contributed by atoms with E-state index in [0.29, 0.717) is 31.1 Å². The van der Waals surface area contributed by atoms with E-state index in [1.807, 2.05) is 0 Å². The topological polar surface area (TPSA) is 63.3 Å². The Morgan fingerprint density at radius 3 is 2.56 bits per heavy atom. The molecule has 1 heterocycles. The van der Waals surface area contributed by atoms with Crippen molar-refractivity contribution < 1.29 is 14.4 Å². The van der Waals surface area contributed by atoms with Crippen molar-refractivity contribution in [3.63, 3.8) is 0 Å². The number of hydrogen-bond donors (Lipinski definition) is 1. The molecule has 2 aliphatic carbocycles. The van der Waals surface area contributed by atoms with Crippen molar-refractivity contribution in [1.29, 1.82) is 0 Å². The third-order valence-corrected chi connectivity index (χ3v) is 7.40. The number of carbonyl (C=O) groups is 1. The lowest BCUT2D eigenvalue weighted by Crippen LogP contribution is -2.23. The van der Waals surface area contributed by atoms with Gasteiger partial charge in [-0.2, -0.15) is 0 Å². The minimum atomic E-state index is -0.0575. The van der Waals surface area contributed by atoms with E-state index in [-0.39, 0.29) is 18.3 Å². The van der Waals surface area contributed by atoms with Gasteiger partial charge in [0.2, 0.25) is 0 Å². The van der Waals surface area contributed by atoms with Crippen LogP contribution in [-0.2, 0) is 11.2 Å². The zero-order chi connectivity index (χ0) is 22.8. The highest BCUT2D eigenvalue weighted by atomic mass is 16.5. The lowest BCUT2D eigenvalue weighted by atomic mass is 9.69. The Morgan fingerprint density at radius 2 is 1.94 bits per heavy atom. The minimum Gasteiger partial charge on any atom is -0.396 e. The number of Topliss-reactive ketones (excluding diaryl/α,β-unsaturated/α-hetero) is 1.